The van der Waals surface area contributed by atoms with Gasteiger partial charge in [-0.15, -0.1) is 0 Å². The van der Waals surface area contributed by atoms with Crippen molar-refractivity contribution in [2.24, 2.45) is 0 Å². The molecule has 0 radical (unpaired) electrons. The number of nitrogens with zero attached hydrogens (tertiary/aromatic N) is 2. The van der Waals surface area contributed by atoms with Crippen LogP contribution >= 0.6 is 0 Å². The zero-order valence-corrected chi connectivity index (χ0v) is 14.1. The summed E-state index contributed by atoms with van der Waals surface area (Å²) in [6.07, 6.45) is -1.06. The molecule has 1 unspecified atom stereocenters. The summed E-state index contributed by atoms with van der Waals surface area (Å²) < 4.78 is 31.6. The Morgan fingerprint density at radius 3 is 2.38 bits per heavy atom. The molecule has 0 aliphatic carbocycles. The van der Waals surface area contributed by atoms with Gasteiger partial charge in [-0.05, 0) is 30.7 Å². The predicted octanol–water partition coefficient (Wildman–Crippen LogP) is -0.230. The van der Waals surface area contributed by atoms with Crippen LogP contribution in [0.4, 0.5) is 0 Å². The molecule has 9 nitrogen and oxygen atoms in total. The van der Waals surface area contributed by atoms with Crippen LogP contribution in [0.5, 0.6) is 5.75 Å². The Morgan fingerprint density at radius 1 is 1.25 bits per heavy atom. The lowest BCUT2D eigenvalue weighted by Crippen LogP contribution is -2.62. The first-order chi connectivity index (χ1) is 11.3. The lowest BCUT2D eigenvalue weighted by molar-refractivity contribution is -0.150. The second-order valence-electron chi connectivity index (χ2n) is 5.21. The summed E-state index contributed by atoms with van der Waals surface area (Å²) >= 11 is 0. The maximum absolute atomic E-state index is 12.9. The molecule has 1 saturated heterocycles. The molecule has 1 aliphatic rings. The number of amides is 2. The van der Waals surface area contributed by atoms with Crippen LogP contribution in [0.1, 0.15) is 13.3 Å². The van der Waals surface area contributed by atoms with Crippen molar-refractivity contribution in [1.82, 2.24) is 14.7 Å². The molecule has 10 heteroatoms. The molecule has 24 heavy (non-hydrogen) atoms. The van der Waals surface area contributed by atoms with Crippen molar-refractivity contribution in [2.75, 3.05) is 20.2 Å². The normalized spacial score (nSPS) is 19.0. The largest absolute Gasteiger partial charge is 0.497 e. The number of carbonyl (C=O) groups excluding carboxylic acids is 2. The average molecular weight is 357 g/mol. The van der Waals surface area contributed by atoms with E-state index in [4.69, 9.17) is 9.94 Å². The van der Waals surface area contributed by atoms with E-state index in [0.717, 1.165) is 9.21 Å². The Labute approximate surface area is 139 Å². The van der Waals surface area contributed by atoms with E-state index in [1.54, 1.807) is 0 Å². The van der Waals surface area contributed by atoms with Crippen molar-refractivity contribution in [3.05, 3.63) is 24.3 Å². The van der Waals surface area contributed by atoms with E-state index >= 15 is 0 Å². The summed E-state index contributed by atoms with van der Waals surface area (Å²) in [6, 6.07) is 5.69. The van der Waals surface area contributed by atoms with Gasteiger partial charge in [0.05, 0.1) is 12.0 Å². The number of nitrogens with one attached hydrogen (secondary N) is 1. The van der Waals surface area contributed by atoms with E-state index in [-0.39, 0.29) is 18.0 Å². The zero-order valence-electron chi connectivity index (χ0n) is 13.3. The third-order valence-corrected chi connectivity index (χ3v) is 5.63. The molecule has 1 aliphatic heterocycles. The van der Waals surface area contributed by atoms with Gasteiger partial charge >= 0.3 is 0 Å². The maximum atomic E-state index is 12.9. The van der Waals surface area contributed by atoms with E-state index in [1.807, 2.05) is 0 Å². The number of hydroxylamine groups is 1. The van der Waals surface area contributed by atoms with E-state index in [9.17, 15) is 18.0 Å². The van der Waals surface area contributed by atoms with E-state index in [1.165, 1.54) is 43.8 Å². The van der Waals surface area contributed by atoms with Gasteiger partial charge in [0, 0.05) is 20.0 Å². The number of rotatable bonds is 4. The Hall–Kier alpha value is -2.17. The Balaban J connectivity index is 2.44. The topological polar surface area (TPSA) is 116 Å². The Morgan fingerprint density at radius 2 is 1.88 bits per heavy atom. The number of sulfonamides is 1. The smallest absolute Gasteiger partial charge is 0.282 e. The molecule has 2 N–H and O–H groups in total. The van der Waals surface area contributed by atoms with Crippen molar-refractivity contribution in [3.8, 4) is 5.75 Å². The minimum atomic E-state index is -4.05. The fourth-order valence-electron chi connectivity index (χ4n) is 2.59. The van der Waals surface area contributed by atoms with Gasteiger partial charge in [0.25, 0.3) is 5.91 Å². The lowest BCUT2D eigenvalue weighted by atomic mass is 10.2. The summed E-state index contributed by atoms with van der Waals surface area (Å²) in [4.78, 5) is 24.8. The van der Waals surface area contributed by atoms with Crippen LogP contribution in [-0.2, 0) is 19.6 Å². The molecule has 2 amide bonds. The van der Waals surface area contributed by atoms with Gasteiger partial charge in [0.15, 0.2) is 6.17 Å². The van der Waals surface area contributed by atoms with Gasteiger partial charge in [-0.25, -0.2) is 13.9 Å². The summed E-state index contributed by atoms with van der Waals surface area (Å²) in [6.45, 7) is 1.51. The Kier molecular flexibility index (Phi) is 5.42. The highest BCUT2D eigenvalue weighted by molar-refractivity contribution is 7.89. The molecule has 132 valence electrons. The van der Waals surface area contributed by atoms with Crippen LogP contribution in [0.3, 0.4) is 0 Å². The molecule has 0 aromatic heterocycles. The van der Waals surface area contributed by atoms with Gasteiger partial charge in [-0.2, -0.15) is 4.31 Å². The average Bonchev–Trinajstić information content (AvgIpc) is 2.60. The first-order valence-electron chi connectivity index (χ1n) is 7.20. The van der Waals surface area contributed by atoms with Crippen LogP contribution in [-0.4, -0.2) is 61.0 Å². The summed E-state index contributed by atoms with van der Waals surface area (Å²) in [5.41, 5.74) is 1.43. The van der Waals surface area contributed by atoms with Gasteiger partial charge in [0.1, 0.15) is 5.75 Å². The van der Waals surface area contributed by atoms with Gasteiger partial charge in [-0.1, -0.05) is 0 Å². The van der Waals surface area contributed by atoms with Crippen LogP contribution < -0.4 is 10.2 Å². The van der Waals surface area contributed by atoms with E-state index in [2.05, 4.69) is 0 Å². The third-order valence-electron chi connectivity index (χ3n) is 3.76. The molecular weight excluding hydrogens is 338 g/mol. The van der Waals surface area contributed by atoms with Crippen LogP contribution in [0.15, 0.2) is 29.2 Å². The lowest BCUT2D eigenvalue weighted by Gasteiger charge is -2.40. The van der Waals surface area contributed by atoms with Crippen molar-refractivity contribution in [1.29, 1.82) is 0 Å². The number of carbonyl (C=O) groups is 2. The monoisotopic (exact) mass is 357 g/mol. The van der Waals surface area contributed by atoms with Gasteiger partial charge < -0.3 is 9.64 Å². The van der Waals surface area contributed by atoms with Gasteiger partial charge in [0.2, 0.25) is 15.9 Å². The fraction of sp³-hybridized carbons (Fsp3) is 0.429. The summed E-state index contributed by atoms with van der Waals surface area (Å²) in [5.74, 6) is -0.956. The predicted molar refractivity (Wildman–Crippen MR) is 82.6 cm³/mol. The first-order valence-corrected chi connectivity index (χ1v) is 8.64. The third kappa shape index (κ3) is 3.35. The highest BCUT2D eigenvalue weighted by Crippen LogP contribution is 2.25. The van der Waals surface area contributed by atoms with Crippen molar-refractivity contribution in [3.63, 3.8) is 0 Å². The van der Waals surface area contributed by atoms with Crippen LogP contribution in [0.2, 0.25) is 0 Å². The first kappa shape index (κ1) is 18.2. The minimum absolute atomic E-state index is 0.0376. The molecule has 2 rings (SSSR count). The molecule has 1 atom stereocenters. The highest BCUT2D eigenvalue weighted by atomic mass is 32.2. The number of hydrogen-bond acceptors (Lipinski definition) is 6. The zero-order chi connectivity index (χ0) is 17.9. The second kappa shape index (κ2) is 7.16. The molecular formula is C14H19N3O6S. The van der Waals surface area contributed by atoms with Crippen LogP contribution in [0, 0.1) is 0 Å². The van der Waals surface area contributed by atoms with Crippen molar-refractivity contribution >= 4 is 21.8 Å². The number of hydrogen-bond donors (Lipinski definition) is 2. The fourth-order valence-corrected chi connectivity index (χ4v) is 4.18. The maximum Gasteiger partial charge on any atom is 0.282 e. The SMILES string of the molecule is COc1ccc(S(=O)(=O)N2CCCN(C(C)=O)C2C(=O)NO)cc1. The standard InChI is InChI=1S/C14H19N3O6S/c1-10(18)16-8-3-9-17(14(16)13(19)15-20)24(21,22)12-6-4-11(23-2)5-7-12/h4-7,14,20H,3,8-9H2,1-2H3,(H,15,19). The number of methoxy groups -OCH3 is 1. The molecule has 0 bridgehead atoms. The quantitative estimate of drug-likeness (QED) is 0.568. The molecule has 1 heterocycles. The number of benzene rings is 1. The van der Waals surface area contributed by atoms with Crippen LogP contribution in [0.25, 0.3) is 0 Å². The minimum Gasteiger partial charge on any atom is -0.497 e. The van der Waals surface area contributed by atoms with E-state index in [0.29, 0.717) is 12.2 Å². The number of ether oxygens (including phenoxy) is 1. The summed E-state index contributed by atoms with van der Waals surface area (Å²) in [7, 11) is -2.59. The van der Waals surface area contributed by atoms with Crippen molar-refractivity contribution < 1.29 is 28.0 Å². The summed E-state index contributed by atoms with van der Waals surface area (Å²) in [5, 5.41) is 8.93. The Bertz CT molecular complexity index is 719. The van der Waals surface area contributed by atoms with Crippen molar-refractivity contribution in [2.45, 2.75) is 24.4 Å². The molecule has 1 aromatic carbocycles. The molecule has 0 saturated carbocycles. The van der Waals surface area contributed by atoms with E-state index < -0.39 is 28.0 Å². The van der Waals surface area contributed by atoms with Gasteiger partial charge in [-0.3, -0.25) is 14.8 Å². The molecule has 0 spiro atoms. The molecule has 1 aromatic rings. The second-order valence-corrected chi connectivity index (χ2v) is 7.10. The highest BCUT2D eigenvalue weighted by Gasteiger charge is 2.43. The molecule has 1 fully saturated rings.